The Balaban J connectivity index is 1.86. The van der Waals surface area contributed by atoms with Gasteiger partial charge in [-0.1, -0.05) is 24.3 Å². The monoisotopic (exact) mass is 184 g/mol. The predicted molar refractivity (Wildman–Crippen MR) is 53.1 cm³/mol. The maximum Gasteiger partial charge on any atom is 0.123 e. The van der Waals surface area contributed by atoms with Gasteiger partial charge in [-0.3, -0.25) is 0 Å². The van der Waals surface area contributed by atoms with Crippen LogP contribution < -0.4 is 0 Å². The second-order valence-corrected chi connectivity index (χ2v) is 4.95. The third-order valence-electron chi connectivity index (χ3n) is 4.58. The fourth-order valence-electron chi connectivity index (χ4n) is 4.08. The molecule has 1 aromatic rings. The van der Waals surface area contributed by atoms with Crippen LogP contribution in [0.25, 0.3) is 0 Å². The van der Waals surface area contributed by atoms with Gasteiger partial charge in [-0.15, -0.1) is 0 Å². The minimum absolute atomic E-state index is 0.395. The summed E-state index contributed by atoms with van der Waals surface area (Å²) in [4.78, 5) is 10.9. The number of aldehydes is 1. The second-order valence-electron chi connectivity index (χ2n) is 4.95. The van der Waals surface area contributed by atoms with Crippen molar-refractivity contribution in [1.82, 2.24) is 0 Å². The van der Waals surface area contributed by atoms with Crippen molar-refractivity contribution in [2.45, 2.75) is 18.3 Å². The zero-order chi connectivity index (χ0) is 9.28. The number of hydrogen-bond donors (Lipinski definition) is 0. The van der Waals surface area contributed by atoms with E-state index < -0.39 is 0 Å². The maximum absolute atomic E-state index is 10.9. The Morgan fingerprint density at radius 1 is 1.07 bits per heavy atom. The van der Waals surface area contributed by atoms with E-state index >= 15 is 0 Å². The van der Waals surface area contributed by atoms with Gasteiger partial charge in [-0.2, -0.15) is 0 Å². The molecule has 1 unspecified atom stereocenters. The van der Waals surface area contributed by atoms with Crippen molar-refractivity contribution in [3.63, 3.8) is 0 Å². The molecular weight excluding hydrogens is 172 g/mol. The molecular formula is C13H12O. The van der Waals surface area contributed by atoms with Gasteiger partial charge in [0.15, 0.2) is 0 Å². The van der Waals surface area contributed by atoms with Crippen molar-refractivity contribution in [3.05, 3.63) is 35.4 Å². The first-order valence-electron chi connectivity index (χ1n) is 5.46. The summed E-state index contributed by atoms with van der Waals surface area (Å²) in [6.07, 6.45) is 2.51. The summed E-state index contributed by atoms with van der Waals surface area (Å²) in [5.41, 5.74) is 3.09. The molecule has 4 rings (SSSR count). The summed E-state index contributed by atoms with van der Waals surface area (Å²) in [6, 6.07) is 8.78. The van der Waals surface area contributed by atoms with Crippen LogP contribution in [0.15, 0.2) is 24.3 Å². The van der Waals surface area contributed by atoms with E-state index in [1.54, 1.807) is 11.1 Å². The molecule has 0 N–H and O–H groups in total. The minimum atomic E-state index is 0.395. The highest BCUT2D eigenvalue weighted by Crippen LogP contribution is 2.73. The molecule has 3 aliphatic rings. The summed E-state index contributed by atoms with van der Waals surface area (Å²) in [6.45, 7) is 0. The average molecular weight is 184 g/mol. The molecule has 2 bridgehead atoms. The average Bonchev–Trinajstić information content (AvgIpc) is 2.69. The highest BCUT2D eigenvalue weighted by atomic mass is 16.1. The van der Waals surface area contributed by atoms with Crippen LogP contribution in [0.1, 0.15) is 29.4 Å². The van der Waals surface area contributed by atoms with Crippen LogP contribution in [-0.2, 0) is 4.79 Å². The molecule has 1 nitrogen and oxygen atoms in total. The van der Waals surface area contributed by atoms with Gasteiger partial charge in [0.2, 0.25) is 0 Å². The Labute approximate surface area is 83.1 Å². The molecule has 2 saturated carbocycles. The normalized spacial score (nSPS) is 45.9. The zero-order valence-electron chi connectivity index (χ0n) is 7.89. The first-order valence-corrected chi connectivity index (χ1v) is 5.46. The smallest absolute Gasteiger partial charge is 0.123 e. The molecule has 0 amide bonds. The van der Waals surface area contributed by atoms with Crippen molar-refractivity contribution in [2.75, 3.05) is 0 Å². The number of hydrogen-bond acceptors (Lipinski definition) is 1. The molecule has 0 heterocycles. The zero-order valence-corrected chi connectivity index (χ0v) is 7.89. The predicted octanol–water partition coefficient (Wildman–Crippen LogP) is 2.33. The molecule has 70 valence electrons. The van der Waals surface area contributed by atoms with Crippen LogP contribution in [0.4, 0.5) is 0 Å². The van der Waals surface area contributed by atoms with Crippen LogP contribution in [0.3, 0.4) is 0 Å². The summed E-state index contributed by atoms with van der Waals surface area (Å²) < 4.78 is 0. The van der Waals surface area contributed by atoms with Gasteiger partial charge in [0.05, 0.1) is 0 Å². The lowest BCUT2D eigenvalue weighted by atomic mass is 9.92. The van der Waals surface area contributed by atoms with Crippen molar-refractivity contribution < 1.29 is 4.79 Å². The standard InChI is InChI=1S/C13H12O/c14-6-11-12-9-5-10(13(11)12)8-4-2-1-3-7(8)9/h1-4,6,9-13H,5H2/t9-,10+,11?,12+,13-. The highest BCUT2D eigenvalue weighted by molar-refractivity contribution is 5.64. The Morgan fingerprint density at radius 3 is 2.14 bits per heavy atom. The maximum atomic E-state index is 10.9. The first-order chi connectivity index (χ1) is 6.92. The molecule has 1 aromatic carbocycles. The molecule has 0 radical (unpaired) electrons. The van der Waals surface area contributed by atoms with Gasteiger partial charge in [-0.05, 0) is 41.2 Å². The summed E-state index contributed by atoms with van der Waals surface area (Å²) in [5.74, 6) is 3.26. The summed E-state index contributed by atoms with van der Waals surface area (Å²) >= 11 is 0. The minimum Gasteiger partial charge on any atom is -0.303 e. The Bertz CT molecular complexity index is 388. The van der Waals surface area contributed by atoms with E-state index in [0.717, 1.165) is 11.8 Å². The van der Waals surface area contributed by atoms with Gasteiger partial charge in [0.25, 0.3) is 0 Å². The lowest BCUT2D eigenvalue weighted by Crippen LogP contribution is -1.99. The van der Waals surface area contributed by atoms with Gasteiger partial charge in [0, 0.05) is 5.92 Å². The van der Waals surface area contributed by atoms with Crippen molar-refractivity contribution in [3.8, 4) is 0 Å². The van der Waals surface area contributed by atoms with Crippen molar-refractivity contribution in [1.29, 1.82) is 0 Å². The van der Waals surface area contributed by atoms with Gasteiger partial charge in [-0.25, -0.2) is 0 Å². The van der Waals surface area contributed by atoms with E-state index in [1.807, 2.05) is 0 Å². The Hall–Kier alpha value is -1.11. The van der Waals surface area contributed by atoms with Gasteiger partial charge < -0.3 is 4.79 Å². The Morgan fingerprint density at radius 2 is 1.64 bits per heavy atom. The second kappa shape index (κ2) is 2.10. The topological polar surface area (TPSA) is 17.1 Å². The van der Waals surface area contributed by atoms with Crippen LogP contribution in [0, 0.1) is 17.8 Å². The number of rotatable bonds is 1. The molecule has 14 heavy (non-hydrogen) atoms. The van der Waals surface area contributed by atoms with E-state index in [4.69, 9.17) is 0 Å². The molecule has 0 saturated heterocycles. The highest BCUT2D eigenvalue weighted by Gasteiger charge is 2.66. The Kier molecular flexibility index (Phi) is 1.08. The molecule has 1 heteroatoms. The number of carbonyl (C=O) groups excluding carboxylic acids is 1. The van der Waals surface area contributed by atoms with Crippen molar-refractivity contribution in [2.24, 2.45) is 17.8 Å². The van der Waals surface area contributed by atoms with Crippen LogP contribution >= 0.6 is 0 Å². The number of carbonyl (C=O) groups is 1. The van der Waals surface area contributed by atoms with Crippen LogP contribution in [-0.4, -0.2) is 6.29 Å². The van der Waals surface area contributed by atoms with Gasteiger partial charge >= 0.3 is 0 Å². The third-order valence-corrected chi connectivity index (χ3v) is 4.58. The van der Waals surface area contributed by atoms with Gasteiger partial charge in [0.1, 0.15) is 6.29 Å². The molecule has 0 aliphatic heterocycles. The SMILES string of the molecule is O=CC1[C@@H]2[C@H]1[C@@H]1C[C@H]2c2ccccc21. The van der Waals surface area contributed by atoms with Crippen LogP contribution in [0.5, 0.6) is 0 Å². The molecule has 0 spiro atoms. The van der Waals surface area contributed by atoms with Crippen molar-refractivity contribution >= 4 is 6.29 Å². The third kappa shape index (κ3) is 0.607. The number of benzene rings is 1. The lowest BCUT2D eigenvalue weighted by molar-refractivity contribution is -0.109. The molecule has 2 fully saturated rings. The largest absolute Gasteiger partial charge is 0.303 e. The van der Waals surface area contributed by atoms with E-state index in [9.17, 15) is 4.79 Å². The number of fused-ring (bicyclic) bond motifs is 8. The van der Waals surface area contributed by atoms with E-state index in [0.29, 0.717) is 17.8 Å². The fraction of sp³-hybridized carbons (Fsp3) is 0.462. The molecule has 3 aliphatic carbocycles. The van der Waals surface area contributed by atoms with Crippen LogP contribution in [0.2, 0.25) is 0 Å². The molecule has 5 atom stereocenters. The fourth-order valence-corrected chi connectivity index (χ4v) is 4.08. The summed E-state index contributed by atoms with van der Waals surface area (Å²) in [7, 11) is 0. The first kappa shape index (κ1) is 7.22. The van der Waals surface area contributed by atoms with E-state index in [1.165, 1.54) is 12.7 Å². The van der Waals surface area contributed by atoms with E-state index in [-0.39, 0.29) is 0 Å². The lowest BCUT2D eigenvalue weighted by Gasteiger charge is -2.12. The van der Waals surface area contributed by atoms with E-state index in [2.05, 4.69) is 24.3 Å². The molecule has 0 aromatic heterocycles. The quantitative estimate of drug-likeness (QED) is 0.612. The summed E-state index contributed by atoms with van der Waals surface area (Å²) in [5, 5.41) is 0.